The maximum absolute atomic E-state index is 5.57. The lowest BCUT2D eigenvalue weighted by Gasteiger charge is -2.28. The predicted molar refractivity (Wildman–Crippen MR) is 46.2 cm³/mol. The lowest BCUT2D eigenvalue weighted by molar-refractivity contribution is 0.00725. The van der Waals surface area contributed by atoms with Crippen LogP contribution in [0.2, 0.25) is 0 Å². The molecule has 0 amide bonds. The van der Waals surface area contributed by atoms with Crippen molar-refractivity contribution in [3.8, 4) is 0 Å². The molecule has 0 radical (unpaired) electrons. The Hall–Kier alpha value is -0.120. The fourth-order valence-electron chi connectivity index (χ4n) is 1.86. The van der Waals surface area contributed by atoms with Gasteiger partial charge in [0.25, 0.3) is 0 Å². The smallest absolute Gasteiger partial charge is 0.0702 e. The summed E-state index contributed by atoms with van der Waals surface area (Å²) in [6, 6.07) is 0. The van der Waals surface area contributed by atoms with E-state index in [0.717, 1.165) is 39.5 Å². The van der Waals surface area contributed by atoms with E-state index in [4.69, 9.17) is 9.47 Å². The highest BCUT2D eigenvalue weighted by atomic mass is 16.5. The molecule has 0 aliphatic carbocycles. The molecule has 2 fully saturated rings. The highest BCUT2D eigenvalue weighted by Gasteiger charge is 2.20. The first-order valence-corrected chi connectivity index (χ1v) is 4.87. The summed E-state index contributed by atoms with van der Waals surface area (Å²) in [6.45, 7) is 6.04. The number of hydrogen-bond donors (Lipinski definition) is 0. The third kappa shape index (κ3) is 2.19. The van der Waals surface area contributed by atoms with Gasteiger partial charge in [-0.3, -0.25) is 4.90 Å². The molecule has 0 spiro atoms. The van der Waals surface area contributed by atoms with Crippen molar-refractivity contribution in [2.75, 3.05) is 39.5 Å². The van der Waals surface area contributed by atoms with Gasteiger partial charge in [-0.05, 0) is 12.8 Å². The molecule has 0 aromatic heterocycles. The molecule has 12 heavy (non-hydrogen) atoms. The molecule has 3 heteroatoms. The quantitative estimate of drug-likeness (QED) is 0.604. The lowest BCUT2D eigenvalue weighted by Crippen LogP contribution is -2.40. The maximum atomic E-state index is 5.57. The van der Waals surface area contributed by atoms with Gasteiger partial charge in [-0.2, -0.15) is 0 Å². The van der Waals surface area contributed by atoms with Crippen LogP contribution in [0.3, 0.4) is 0 Å². The maximum Gasteiger partial charge on any atom is 0.0702 e. The third-order valence-electron chi connectivity index (χ3n) is 2.59. The first-order chi connectivity index (χ1) is 5.95. The zero-order valence-corrected chi connectivity index (χ0v) is 7.50. The van der Waals surface area contributed by atoms with E-state index in [1.165, 1.54) is 12.8 Å². The zero-order valence-electron chi connectivity index (χ0n) is 7.50. The summed E-state index contributed by atoms with van der Waals surface area (Å²) >= 11 is 0. The van der Waals surface area contributed by atoms with E-state index in [1.807, 2.05) is 0 Å². The SMILES string of the molecule is C1COC(CN2CCOCC2)C1. The number of hydrogen-bond acceptors (Lipinski definition) is 3. The molecule has 2 rings (SSSR count). The standard InChI is InChI=1S/C9H17NO2/c1-2-9(12-5-1)8-10-3-6-11-7-4-10/h9H,1-8H2. The van der Waals surface area contributed by atoms with Crippen LogP contribution in [-0.2, 0) is 9.47 Å². The van der Waals surface area contributed by atoms with Gasteiger partial charge >= 0.3 is 0 Å². The average Bonchev–Trinajstić information content (AvgIpc) is 2.59. The van der Waals surface area contributed by atoms with E-state index in [9.17, 15) is 0 Å². The van der Waals surface area contributed by atoms with Crippen LogP contribution < -0.4 is 0 Å². The second kappa shape index (κ2) is 4.21. The summed E-state index contributed by atoms with van der Waals surface area (Å²) < 4.78 is 10.9. The molecule has 0 aromatic carbocycles. The molecule has 70 valence electrons. The molecule has 2 heterocycles. The molecule has 0 saturated carbocycles. The largest absolute Gasteiger partial charge is 0.379 e. The van der Waals surface area contributed by atoms with Gasteiger partial charge in [-0.15, -0.1) is 0 Å². The summed E-state index contributed by atoms with van der Waals surface area (Å²) in [5.74, 6) is 0. The molecular weight excluding hydrogens is 154 g/mol. The molecule has 1 unspecified atom stereocenters. The van der Waals surface area contributed by atoms with Crippen molar-refractivity contribution in [3.05, 3.63) is 0 Å². The fourth-order valence-corrected chi connectivity index (χ4v) is 1.86. The Morgan fingerprint density at radius 1 is 1.17 bits per heavy atom. The van der Waals surface area contributed by atoms with Crippen LogP contribution >= 0.6 is 0 Å². The molecule has 0 aromatic rings. The van der Waals surface area contributed by atoms with Crippen LogP contribution in [0.1, 0.15) is 12.8 Å². The van der Waals surface area contributed by atoms with Gasteiger partial charge in [0.2, 0.25) is 0 Å². The zero-order chi connectivity index (χ0) is 8.23. The summed E-state index contributed by atoms with van der Waals surface area (Å²) in [6.07, 6.45) is 3.00. The van der Waals surface area contributed by atoms with E-state index >= 15 is 0 Å². The van der Waals surface area contributed by atoms with Gasteiger partial charge in [0.05, 0.1) is 19.3 Å². The first-order valence-electron chi connectivity index (χ1n) is 4.87. The van der Waals surface area contributed by atoms with Crippen LogP contribution in [0, 0.1) is 0 Å². The fraction of sp³-hybridized carbons (Fsp3) is 1.00. The van der Waals surface area contributed by atoms with Crippen molar-refractivity contribution in [2.45, 2.75) is 18.9 Å². The van der Waals surface area contributed by atoms with Gasteiger partial charge in [-0.25, -0.2) is 0 Å². The van der Waals surface area contributed by atoms with Crippen molar-refractivity contribution < 1.29 is 9.47 Å². The van der Waals surface area contributed by atoms with E-state index in [0.29, 0.717) is 6.10 Å². The molecule has 2 saturated heterocycles. The number of rotatable bonds is 2. The molecule has 0 N–H and O–H groups in total. The summed E-state index contributed by atoms with van der Waals surface area (Å²) in [4.78, 5) is 2.44. The number of nitrogens with zero attached hydrogens (tertiary/aromatic N) is 1. The van der Waals surface area contributed by atoms with Gasteiger partial charge in [0, 0.05) is 26.2 Å². The molecule has 0 bridgehead atoms. The summed E-state index contributed by atoms with van der Waals surface area (Å²) in [7, 11) is 0. The Balaban J connectivity index is 1.69. The van der Waals surface area contributed by atoms with Gasteiger partial charge < -0.3 is 9.47 Å². The van der Waals surface area contributed by atoms with Gasteiger partial charge in [0.15, 0.2) is 0 Å². The Morgan fingerprint density at radius 3 is 2.67 bits per heavy atom. The van der Waals surface area contributed by atoms with E-state index in [-0.39, 0.29) is 0 Å². The highest BCUT2D eigenvalue weighted by Crippen LogP contribution is 2.13. The third-order valence-corrected chi connectivity index (χ3v) is 2.59. The Labute approximate surface area is 73.6 Å². The van der Waals surface area contributed by atoms with Crippen molar-refractivity contribution in [1.82, 2.24) is 4.90 Å². The minimum Gasteiger partial charge on any atom is -0.379 e. The first kappa shape index (κ1) is 8.48. The lowest BCUT2D eigenvalue weighted by atomic mass is 10.2. The van der Waals surface area contributed by atoms with Crippen molar-refractivity contribution in [1.29, 1.82) is 0 Å². The van der Waals surface area contributed by atoms with Crippen LogP contribution in [-0.4, -0.2) is 50.5 Å². The van der Waals surface area contributed by atoms with Crippen LogP contribution in [0.25, 0.3) is 0 Å². The highest BCUT2D eigenvalue weighted by molar-refractivity contribution is 4.71. The molecule has 1 atom stereocenters. The molecule has 3 nitrogen and oxygen atoms in total. The van der Waals surface area contributed by atoms with Crippen LogP contribution in [0.5, 0.6) is 0 Å². The minimum absolute atomic E-state index is 0.503. The number of morpholine rings is 1. The van der Waals surface area contributed by atoms with E-state index in [1.54, 1.807) is 0 Å². The van der Waals surface area contributed by atoms with E-state index < -0.39 is 0 Å². The monoisotopic (exact) mass is 171 g/mol. The van der Waals surface area contributed by atoms with Crippen molar-refractivity contribution >= 4 is 0 Å². The van der Waals surface area contributed by atoms with Crippen LogP contribution in [0.15, 0.2) is 0 Å². The summed E-state index contributed by atoms with van der Waals surface area (Å²) in [5.41, 5.74) is 0. The van der Waals surface area contributed by atoms with Gasteiger partial charge in [0.1, 0.15) is 0 Å². The number of ether oxygens (including phenoxy) is 2. The van der Waals surface area contributed by atoms with E-state index in [2.05, 4.69) is 4.90 Å². The molecular formula is C9H17NO2. The molecule has 2 aliphatic rings. The van der Waals surface area contributed by atoms with Crippen molar-refractivity contribution in [2.24, 2.45) is 0 Å². The predicted octanol–water partition coefficient (Wildman–Crippen LogP) is 0.498. The average molecular weight is 171 g/mol. The minimum atomic E-state index is 0.503. The van der Waals surface area contributed by atoms with Crippen LogP contribution in [0.4, 0.5) is 0 Å². The Kier molecular flexibility index (Phi) is 2.98. The second-order valence-electron chi connectivity index (χ2n) is 3.55. The Morgan fingerprint density at radius 2 is 2.00 bits per heavy atom. The van der Waals surface area contributed by atoms with Gasteiger partial charge in [-0.1, -0.05) is 0 Å². The Bertz CT molecular complexity index is 128. The normalized spacial score (nSPS) is 32.5. The topological polar surface area (TPSA) is 21.7 Å². The summed E-state index contributed by atoms with van der Waals surface area (Å²) in [5, 5.41) is 0. The van der Waals surface area contributed by atoms with Crippen molar-refractivity contribution in [3.63, 3.8) is 0 Å². The molecule has 2 aliphatic heterocycles. The second-order valence-corrected chi connectivity index (χ2v) is 3.55.